The fraction of sp³-hybridized carbons (Fsp3) is 0.533. The minimum Gasteiger partial charge on any atom is -0.398 e. The molecule has 0 aliphatic carbocycles. The molecule has 7 nitrogen and oxygen atoms in total. The Hall–Kier alpha value is -2.00. The summed E-state index contributed by atoms with van der Waals surface area (Å²) in [6.07, 6.45) is 6.55. The van der Waals surface area contributed by atoms with Crippen LogP contribution in [0.15, 0.2) is 30.4 Å². The van der Waals surface area contributed by atoms with E-state index < -0.39 is 24.0 Å². The second-order valence-electron chi connectivity index (χ2n) is 6.79. The van der Waals surface area contributed by atoms with Gasteiger partial charge in [-0.3, -0.25) is 9.36 Å². The molecule has 128 valence electrons. The highest BCUT2D eigenvalue weighted by atomic mass is 19.1. The molecule has 0 saturated carbocycles. The van der Waals surface area contributed by atoms with E-state index in [-0.39, 0.29) is 0 Å². The van der Waals surface area contributed by atoms with Gasteiger partial charge in [-0.25, -0.2) is 4.39 Å². The molecular weight excluding hydrogens is 312 g/mol. The van der Waals surface area contributed by atoms with Gasteiger partial charge in [0.15, 0.2) is 0 Å². The first-order valence-corrected chi connectivity index (χ1v) is 7.87. The maximum absolute atomic E-state index is 14.4. The lowest BCUT2D eigenvalue weighted by atomic mass is 9.87. The van der Waals surface area contributed by atoms with Gasteiger partial charge in [0.05, 0.1) is 30.5 Å². The first-order valence-electron chi connectivity index (χ1n) is 7.87. The van der Waals surface area contributed by atoms with Crippen LogP contribution in [0.5, 0.6) is 0 Å². The molecule has 2 aromatic heterocycles. The van der Waals surface area contributed by atoms with Crippen LogP contribution in [0.3, 0.4) is 0 Å². The molecule has 0 unspecified atom stereocenters. The van der Waals surface area contributed by atoms with Crippen molar-refractivity contribution in [2.24, 2.45) is 0 Å². The summed E-state index contributed by atoms with van der Waals surface area (Å²) in [6, 6.07) is 1.86. The standard InChI is InChI=1S/C15H21BFN5O2/c1-14(2)15(3,4)24-16(23-14)13(17)10-12-11-22(20-19-12)9-8-21-7-5-6-18-21/h5-7,10-11H,8-9H2,1-4H3. The average Bonchev–Trinajstić information content (AvgIpc) is 3.18. The van der Waals surface area contributed by atoms with E-state index in [9.17, 15) is 4.39 Å². The van der Waals surface area contributed by atoms with Crippen LogP contribution in [0, 0.1) is 0 Å². The van der Waals surface area contributed by atoms with E-state index in [1.165, 1.54) is 6.08 Å². The summed E-state index contributed by atoms with van der Waals surface area (Å²) < 4.78 is 29.2. The maximum atomic E-state index is 14.4. The van der Waals surface area contributed by atoms with Crippen LogP contribution in [-0.2, 0) is 22.4 Å². The van der Waals surface area contributed by atoms with Gasteiger partial charge < -0.3 is 9.31 Å². The van der Waals surface area contributed by atoms with E-state index in [4.69, 9.17) is 9.31 Å². The number of halogens is 1. The van der Waals surface area contributed by atoms with Crippen LogP contribution in [0.25, 0.3) is 6.08 Å². The topological polar surface area (TPSA) is 67.0 Å². The predicted octanol–water partition coefficient (Wildman–Crippen LogP) is 2.12. The van der Waals surface area contributed by atoms with E-state index >= 15 is 0 Å². The second kappa shape index (κ2) is 6.14. The summed E-state index contributed by atoms with van der Waals surface area (Å²) in [5, 5.41) is 12.1. The summed E-state index contributed by atoms with van der Waals surface area (Å²) in [5.74, 6) is 0. The van der Waals surface area contributed by atoms with E-state index in [1.54, 1.807) is 21.8 Å². The smallest absolute Gasteiger partial charge is 0.398 e. The number of hydrogen-bond donors (Lipinski definition) is 0. The second-order valence-corrected chi connectivity index (χ2v) is 6.79. The Morgan fingerprint density at radius 2 is 1.88 bits per heavy atom. The summed E-state index contributed by atoms with van der Waals surface area (Å²) in [6.45, 7) is 8.79. The summed E-state index contributed by atoms with van der Waals surface area (Å²) in [5.41, 5.74) is -1.26. The lowest BCUT2D eigenvalue weighted by Gasteiger charge is -2.32. The first kappa shape index (κ1) is 16.8. The van der Waals surface area contributed by atoms with Crippen molar-refractivity contribution in [3.8, 4) is 0 Å². The summed E-state index contributed by atoms with van der Waals surface area (Å²) in [4.78, 5) is 0. The summed E-state index contributed by atoms with van der Waals surface area (Å²) in [7, 11) is -1.02. The molecule has 0 bridgehead atoms. The average molecular weight is 333 g/mol. The molecule has 0 atom stereocenters. The summed E-state index contributed by atoms with van der Waals surface area (Å²) >= 11 is 0. The molecule has 0 spiro atoms. The number of nitrogens with zero attached hydrogens (tertiary/aromatic N) is 5. The van der Waals surface area contributed by atoms with Gasteiger partial charge in [-0.15, -0.1) is 5.10 Å². The predicted molar refractivity (Wildman–Crippen MR) is 87.4 cm³/mol. The minimum atomic E-state index is -1.02. The quantitative estimate of drug-likeness (QED) is 0.784. The maximum Gasteiger partial charge on any atom is 0.525 e. The monoisotopic (exact) mass is 333 g/mol. The molecule has 2 aromatic rings. The van der Waals surface area contributed by atoms with Gasteiger partial charge >= 0.3 is 7.12 Å². The van der Waals surface area contributed by atoms with Crippen LogP contribution in [0.1, 0.15) is 33.4 Å². The minimum absolute atomic E-state index is 0.419. The highest BCUT2D eigenvalue weighted by Crippen LogP contribution is 2.38. The fourth-order valence-electron chi connectivity index (χ4n) is 2.29. The van der Waals surface area contributed by atoms with Gasteiger partial charge in [-0.2, -0.15) is 5.10 Å². The van der Waals surface area contributed by atoms with E-state index in [1.807, 2.05) is 40.0 Å². The van der Waals surface area contributed by atoms with Gasteiger partial charge in [0.1, 0.15) is 11.4 Å². The number of rotatable bonds is 5. The Labute approximate surface area is 140 Å². The van der Waals surface area contributed by atoms with Crippen molar-refractivity contribution in [2.45, 2.75) is 52.0 Å². The molecule has 0 aromatic carbocycles. The largest absolute Gasteiger partial charge is 0.525 e. The number of aryl methyl sites for hydroxylation is 2. The van der Waals surface area contributed by atoms with Crippen molar-refractivity contribution < 1.29 is 13.7 Å². The van der Waals surface area contributed by atoms with E-state index in [2.05, 4.69) is 15.4 Å². The zero-order valence-electron chi connectivity index (χ0n) is 14.3. The highest BCUT2D eigenvalue weighted by molar-refractivity contribution is 6.54. The fourth-order valence-corrected chi connectivity index (χ4v) is 2.29. The van der Waals surface area contributed by atoms with Gasteiger partial charge in [0.2, 0.25) is 0 Å². The van der Waals surface area contributed by atoms with Crippen molar-refractivity contribution in [2.75, 3.05) is 0 Å². The molecule has 0 amide bonds. The third-order valence-corrected chi connectivity index (χ3v) is 4.44. The molecule has 1 aliphatic heterocycles. The SMILES string of the molecule is CC1(C)OB(C(F)=Cc2cn(CCn3cccn3)nn2)OC1(C)C. The molecule has 1 aliphatic rings. The molecule has 0 radical (unpaired) electrons. The van der Waals surface area contributed by atoms with Gasteiger partial charge in [0.25, 0.3) is 0 Å². The number of hydrogen-bond acceptors (Lipinski definition) is 5. The molecular formula is C15H21BFN5O2. The lowest BCUT2D eigenvalue weighted by molar-refractivity contribution is 0.00578. The number of aromatic nitrogens is 5. The molecule has 3 heterocycles. The molecule has 3 rings (SSSR count). The molecule has 1 saturated heterocycles. The third kappa shape index (κ3) is 3.41. The van der Waals surface area contributed by atoms with E-state index in [0.717, 1.165) is 0 Å². The van der Waals surface area contributed by atoms with Crippen LogP contribution < -0.4 is 0 Å². The Morgan fingerprint density at radius 1 is 1.21 bits per heavy atom. The highest BCUT2D eigenvalue weighted by Gasteiger charge is 2.53. The molecule has 1 fully saturated rings. The van der Waals surface area contributed by atoms with E-state index in [0.29, 0.717) is 18.8 Å². The lowest BCUT2D eigenvalue weighted by Crippen LogP contribution is -2.41. The van der Waals surface area contributed by atoms with Crippen molar-refractivity contribution in [1.82, 2.24) is 24.8 Å². The zero-order valence-corrected chi connectivity index (χ0v) is 14.3. The van der Waals surface area contributed by atoms with Crippen molar-refractivity contribution in [1.29, 1.82) is 0 Å². The normalized spacial score (nSPS) is 19.9. The van der Waals surface area contributed by atoms with Gasteiger partial charge in [0, 0.05) is 12.4 Å². The van der Waals surface area contributed by atoms with Crippen molar-refractivity contribution in [3.63, 3.8) is 0 Å². The van der Waals surface area contributed by atoms with Crippen LogP contribution in [-0.4, -0.2) is 43.1 Å². The Morgan fingerprint density at radius 3 is 2.50 bits per heavy atom. The molecule has 24 heavy (non-hydrogen) atoms. The van der Waals surface area contributed by atoms with Crippen LogP contribution in [0.2, 0.25) is 0 Å². The van der Waals surface area contributed by atoms with Crippen LogP contribution in [0.4, 0.5) is 4.39 Å². The Balaban J connectivity index is 1.64. The van der Waals surface area contributed by atoms with Gasteiger partial charge in [-0.05, 0) is 39.8 Å². The third-order valence-electron chi connectivity index (χ3n) is 4.44. The molecule has 9 heteroatoms. The molecule has 0 N–H and O–H groups in total. The van der Waals surface area contributed by atoms with Crippen LogP contribution >= 0.6 is 0 Å². The Kier molecular flexibility index (Phi) is 4.31. The Bertz CT molecular complexity index is 710. The zero-order chi connectivity index (χ0) is 17.4. The van der Waals surface area contributed by atoms with Crippen molar-refractivity contribution >= 4 is 13.2 Å². The van der Waals surface area contributed by atoms with Gasteiger partial charge in [-0.1, -0.05) is 5.21 Å². The first-order chi connectivity index (χ1) is 11.3. The van der Waals surface area contributed by atoms with Crippen molar-refractivity contribution in [3.05, 3.63) is 36.1 Å².